The average Bonchev–Trinajstić information content (AvgIpc) is 3.27. The van der Waals surface area contributed by atoms with E-state index in [1.54, 1.807) is 18.2 Å². The van der Waals surface area contributed by atoms with Crippen molar-refractivity contribution < 1.29 is 19.1 Å². The van der Waals surface area contributed by atoms with Gasteiger partial charge in [-0.1, -0.05) is 0 Å². The molecule has 114 valence electrons. The number of rotatable bonds is 7. The summed E-state index contributed by atoms with van der Waals surface area (Å²) in [6.07, 6.45) is 2.35. The van der Waals surface area contributed by atoms with E-state index in [1.807, 2.05) is 0 Å². The third-order valence-electron chi connectivity index (χ3n) is 3.04. The number of primary amides is 1. The van der Waals surface area contributed by atoms with Crippen LogP contribution in [-0.4, -0.2) is 32.2 Å². The minimum atomic E-state index is -0.586. The molecule has 3 amide bonds. The Hall–Kier alpha value is -2.44. The fourth-order valence-electron chi connectivity index (χ4n) is 1.75. The zero-order chi connectivity index (χ0) is 15.2. The lowest BCUT2D eigenvalue weighted by molar-refractivity contribution is -0.119. The van der Waals surface area contributed by atoms with Gasteiger partial charge in [-0.25, -0.2) is 4.79 Å². The molecule has 1 fully saturated rings. The van der Waals surface area contributed by atoms with E-state index < -0.39 is 5.91 Å². The number of nitrogens with one attached hydrogen (secondary N) is 2. The summed E-state index contributed by atoms with van der Waals surface area (Å²) in [7, 11) is 1.49. The van der Waals surface area contributed by atoms with Crippen LogP contribution in [-0.2, 0) is 4.79 Å². The summed E-state index contributed by atoms with van der Waals surface area (Å²) < 4.78 is 10.4. The van der Waals surface area contributed by atoms with E-state index in [2.05, 4.69) is 10.6 Å². The minimum absolute atomic E-state index is 0.256. The molecule has 0 bridgehead atoms. The maximum absolute atomic E-state index is 11.7. The molecule has 1 aromatic rings. The Labute approximate surface area is 122 Å². The number of carbonyl (C=O) groups is 2. The van der Waals surface area contributed by atoms with Crippen molar-refractivity contribution in [3.05, 3.63) is 18.2 Å². The van der Waals surface area contributed by atoms with Crippen molar-refractivity contribution in [3.63, 3.8) is 0 Å². The monoisotopic (exact) mass is 293 g/mol. The minimum Gasteiger partial charge on any atom is -0.493 e. The zero-order valence-corrected chi connectivity index (χ0v) is 11.8. The van der Waals surface area contributed by atoms with Gasteiger partial charge in [0.05, 0.1) is 7.11 Å². The molecule has 0 aromatic heterocycles. The van der Waals surface area contributed by atoms with Gasteiger partial charge in [-0.2, -0.15) is 0 Å². The summed E-state index contributed by atoms with van der Waals surface area (Å²) >= 11 is 0. The van der Waals surface area contributed by atoms with Crippen molar-refractivity contribution in [1.82, 2.24) is 5.32 Å². The number of nitrogens with two attached hydrogens (primary N) is 1. The number of methoxy groups -OCH3 is 1. The topological polar surface area (TPSA) is 103 Å². The first-order chi connectivity index (χ1) is 10.1. The fourth-order valence-corrected chi connectivity index (χ4v) is 1.75. The molecule has 0 atom stereocenters. The van der Waals surface area contributed by atoms with Gasteiger partial charge >= 0.3 is 6.03 Å². The molecule has 0 spiro atoms. The summed E-state index contributed by atoms with van der Waals surface area (Å²) in [6, 6.07) is 4.64. The fraction of sp³-hybridized carbons (Fsp3) is 0.429. The predicted octanol–water partition coefficient (Wildman–Crippen LogP) is 1.09. The lowest BCUT2D eigenvalue weighted by Gasteiger charge is -2.12. The van der Waals surface area contributed by atoms with Gasteiger partial charge in [-0.05, 0) is 30.9 Å². The Morgan fingerprint density at radius 1 is 1.33 bits per heavy atom. The highest BCUT2D eigenvalue weighted by Crippen LogP contribution is 2.30. The molecular formula is C14H19N3O4. The predicted molar refractivity (Wildman–Crippen MR) is 77.4 cm³/mol. The molecular weight excluding hydrogens is 274 g/mol. The van der Waals surface area contributed by atoms with Crippen LogP contribution in [0.1, 0.15) is 12.8 Å². The summed E-state index contributed by atoms with van der Waals surface area (Å²) in [4.78, 5) is 22.5. The highest BCUT2D eigenvalue weighted by Gasteiger charge is 2.21. The summed E-state index contributed by atoms with van der Waals surface area (Å²) in [6.45, 7) is 0.431. The van der Waals surface area contributed by atoms with E-state index >= 15 is 0 Å². The van der Waals surface area contributed by atoms with Crippen LogP contribution in [0, 0.1) is 5.92 Å². The number of carbonyl (C=O) groups excluding carboxylic acids is 2. The van der Waals surface area contributed by atoms with Crippen LogP contribution in [0.3, 0.4) is 0 Å². The normalized spacial score (nSPS) is 13.4. The molecule has 0 heterocycles. The number of amides is 3. The zero-order valence-electron chi connectivity index (χ0n) is 11.8. The number of benzene rings is 1. The summed E-state index contributed by atoms with van der Waals surface area (Å²) in [5, 5.41) is 5.50. The molecule has 0 radical (unpaired) electrons. The molecule has 7 nitrogen and oxygen atoms in total. The lowest BCUT2D eigenvalue weighted by Crippen LogP contribution is -2.30. The van der Waals surface area contributed by atoms with Crippen molar-refractivity contribution in [1.29, 1.82) is 0 Å². The smallest absolute Gasteiger partial charge is 0.319 e. The maximum Gasteiger partial charge on any atom is 0.319 e. The number of hydrogen-bond acceptors (Lipinski definition) is 4. The Morgan fingerprint density at radius 2 is 2.10 bits per heavy atom. The lowest BCUT2D eigenvalue weighted by atomic mass is 10.2. The van der Waals surface area contributed by atoms with E-state index in [0.717, 1.165) is 0 Å². The third kappa shape index (κ3) is 4.87. The molecule has 1 aliphatic carbocycles. The molecule has 1 aliphatic rings. The van der Waals surface area contributed by atoms with E-state index in [0.29, 0.717) is 29.6 Å². The van der Waals surface area contributed by atoms with Gasteiger partial charge in [0.1, 0.15) is 0 Å². The first-order valence-electron chi connectivity index (χ1n) is 6.72. The second-order valence-corrected chi connectivity index (χ2v) is 4.90. The van der Waals surface area contributed by atoms with Crippen LogP contribution in [0.25, 0.3) is 0 Å². The second-order valence-electron chi connectivity index (χ2n) is 4.90. The number of ether oxygens (including phenoxy) is 2. The highest BCUT2D eigenvalue weighted by atomic mass is 16.5. The van der Waals surface area contributed by atoms with Crippen molar-refractivity contribution in [2.45, 2.75) is 12.8 Å². The standard InChI is InChI=1S/C14H19N3O4/c1-20-11-5-4-10(6-12(11)21-8-13(15)18)17-14(19)16-7-9-2-3-9/h4-6,9H,2-3,7-8H2,1H3,(H2,15,18)(H2,16,17,19). The van der Waals surface area contributed by atoms with E-state index in [-0.39, 0.29) is 12.6 Å². The molecule has 2 rings (SSSR count). The van der Waals surface area contributed by atoms with Gasteiger partial charge in [0, 0.05) is 18.3 Å². The van der Waals surface area contributed by atoms with Gasteiger partial charge < -0.3 is 25.8 Å². The van der Waals surface area contributed by atoms with Crippen LogP contribution in [0.5, 0.6) is 11.5 Å². The molecule has 21 heavy (non-hydrogen) atoms. The van der Waals surface area contributed by atoms with Gasteiger partial charge in [-0.15, -0.1) is 0 Å². The van der Waals surface area contributed by atoms with Crippen LogP contribution >= 0.6 is 0 Å². The molecule has 0 unspecified atom stereocenters. The van der Waals surface area contributed by atoms with Crippen LogP contribution in [0.15, 0.2) is 18.2 Å². The van der Waals surface area contributed by atoms with Gasteiger partial charge in [0.2, 0.25) is 0 Å². The summed E-state index contributed by atoms with van der Waals surface area (Å²) in [5.41, 5.74) is 5.58. The molecule has 1 saturated carbocycles. The molecule has 0 aliphatic heterocycles. The van der Waals surface area contributed by atoms with Crippen molar-refractivity contribution >= 4 is 17.6 Å². The maximum atomic E-state index is 11.7. The largest absolute Gasteiger partial charge is 0.493 e. The van der Waals surface area contributed by atoms with Crippen molar-refractivity contribution in [2.75, 3.05) is 25.6 Å². The number of hydrogen-bond donors (Lipinski definition) is 3. The van der Waals surface area contributed by atoms with E-state index in [1.165, 1.54) is 20.0 Å². The van der Waals surface area contributed by atoms with E-state index in [4.69, 9.17) is 15.2 Å². The van der Waals surface area contributed by atoms with Gasteiger partial charge in [0.15, 0.2) is 18.1 Å². The SMILES string of the molecule is COc1ccc(NC(=O)NCC2CC2)cc1OCC(N)=O. The highest BCUT2D eigenvalue weighted by molar-refractivity contribution is 5.89. The quantitative estimate of drug-likeness (QED) is 0.700. The molecule has 4 N–H and O–H groups in total. The Kier molecular flexibility index (Phi) is 4.86. The number of urea groups is 1. The first-order valence-corrected chi connectivity index (χ1v) is 6.72. The number of anilines is 1. The summed E-state index contributed by atoms with van der Waals surface area (Å²) in [5.74, 6) is 0.829. The first kappa shape index (κ1) is 15.0. The van der Waals surface area contributed by atoms with Crippen LogP contribution in [0.4, 0.5) is 10.5 Å². The second kappa shape index (κ2) is 6.83. The third-order valence-corrected chi connectivity index (χ3v) is 3.04. The molecule has 0 saturated heterocycles. The van der Waals surface area contributed by atoms with Gasteiger partial charge in [0.25, 0.3) is 5.91 Å². The average molecular weight is 293 g/mol. The Morgan fingerprint density at radius 3 is 2.71 bits per heavy atom. The van der Waals surface area contributed by atoms with Crippen LogP contribution in [0.2, 0.25) is 0 Å². The Bertz CT molecular complexity index is 529. The Balaban J connectivity index is 1.96. The molecule has 7 heteroatoms. The van der Waals surface area contributed by atoms with Crippen molar-refractivity contribution in [3.8, 4) is 11.5 Å². The molecule has 1 aromatic carbocycles. The van der Waals surface area contributed by atoms with Gasteiger partial charge in [-0.3, -0.25) is 4.79 Å². The van der Waals surface area contributed by atoms with E-state index in [9.17, 15) is 9.59 Å². The van der Waals surface area contributed by atoms with Crippen LogP contribution < -0.4 is 25.8 Å². The van der Waals surface area contributed by atoms with Crippen molar-refractivity contribution in [2.24, 2.45) is 11.7 Å².